The molecule has 0 N–H and O–H groups in total. The number of hydrogen-bond acceptors (Lipinski definition) is 4. The predicted octanol–water partition coefficient (Wildman–Crippen LogP) is 7.10. The molecule has 0 aliphatic rings. The van der Waals surface area contributed by atoms with E-state index in [1.165, 1.54) is 33.7 Å². The molecule has 0 amide bonds. The maximum absolute atomic E-state index is 13.7. The average molecular weight is 552 g/mol. The van der Waals surface area contributed by atoms with Crippen molar-refractivity contribution < 1.29 is 17.9 Å². The normalized spacial score (nSPS) is 11.7. The van der Waals surface area contributed by atoms with E-state index in [0.717, 1.165) is 12.1 Å². The topological polar surface area (TPSA) is 61.9 Å². The molecule has 3 aromatic carbocycles. The molecule has 2 heterocycles. The minimum absolute atomic E-state index is 0.0130. The maximum Gasteiger partial charge on any atom is 0.573 e. The summed E-state index contributed by atoms with van der Waals surface area (Å²) in [5.41, 5.74) is 0.677. The Morgan fingerprint density at radius 2 is 1.58 bits per heavy atom. The van der Waals surface area contributed by atoms with Crippen LogP contribution < -0.4 is 10.3 Å². The third kappa shape index (κ3) is 4.65. The molecule has 0 unspecified atom stereocenters. The third-order valence-electron chi connectivity index (χ3n) is 5.16. The summed E-state index contributed by atoms with van der Waals surface area (Å²) in [4.78, 5) is 22.5. The molecule has 0 aliphatic carbocycles. The van der Waals surface area contributed by atoms with Crippen molar-refractivity contribution in [2.45, 2.75) is 6.36 Å². The lowest BCUT2D eigenvalue weighted by molar-refractivity contribution is -0.274. The quantitative estimate of drug-likeness (QED) is 0.239. The Hall–Kier alpha value is -3.53. The van der Waals surface area contributed by atoms with E-state index in [4.69, 9.17) is 34.8 Å². The van der Waals surface area contributed by atoms with Crippen LogP contribution in [0.5, 0.6) is 5.75 Å². The molecule has 0 radical (unpaired) electrons. The van der Waals surface area contributed by atoms with Crippen LogP contribution in [-0.4, -0.2) is 25.5 Å². The largest absolute Gasteiger partial charge is 0.573 e. The van der Waals surface area contributed by atoms with Gasteiger partial charge in [0.2, 0.25) is 0 Å². The Morgan fingerprint density at radius 1 is 0.861 bits per heavy atom. The van der Waals surface area contributed by atoms with Gasteiger partial charge in [-0.3, -0.25) is 13.9 Å². The number of ether oxygens (including phenoxy) is 1. The molecule has 2 aromatic heterocycles. The van der Waals surface area contributed by atoms with E-state index >= 15 is 0 Å². The van der Waals surface area contributed by atoms with Crippen molar-refractivity contribution in [3.8, 4) is 28.5 Å². The van der Waals surface area contributed by atoms with Gasteiger partial charge in [0.25, 0.3) is 5.56 Å². The van der Waals surface area contributed by atoms with Crippen LogP contribution in [-0.2, 0) is 0 Å². The van der Waals surface area contributed by atoms with Crippen LogP contribution in [0.2, 0.25) is 15.1 Å². The number of imidazole rings is 1. The highest BCUT2D eigenvalue weighted by atomic mass is 35.5. The lowest BCUT2D eigenvalue weighted by atomic mass is 10.2. The van der Waals surface area contributed by atoms with Gasteiger partial charge in [0.15, 0.2) is 17.0 Å². The Balaban J connectivity index is 1.78. The van der Waals surface area contributed by atoms with Crippen LogP contribution in [0.1, 0.15) is 0 Å². The minimum atomic E-state index is -4.86. The second kappa shape index (κ2) is 9.16. The fraction of sp³-hybridized carbons (Fsp3) is 0.0417. The van der Waals surface area contributed by atoms with E-state index in [1.54, 1.807) is 36.4 Å². The molecule has 12 heteroatoms. The van der Waals surface area contributed by atoms with Crippen LogP contribution in [0.25, 0.3) is 33.9 Å². The van der Waals surface area contributed by atoms with Crippen molar-refractivity contribution >= 4 is 46.0 Å². The van der Waals surface area contributed by atoms with Crippen LogP contribution in [0, 0.1) is 0 Å². The van der Waals surface area contributed by atoms with Gasteiger partial charge in [-0.15, -0.1) is 13.2 Å². The van der Waals surface area contributed by atoms with Crippen molar-refractivity contribution in [1.82, 2.24) is 19.1 Å². The van der Waals surface area contributed by atoms with E-state index in [0.29, 0.717) is 21.3 Å². The highest BCUT2D eigenvalue weighted by molar-refractivity contribution is 6.36. The number of alkyl halides is 3. The highest BCUT2D eigenvalue weighted by Crippen LogP contribution is 2.32. The summed E-state index contributed by atoms with van der Waals surface area (Å²) in [6.45, 7) is 0. The molecule has 182 valence electrons. The summed E-state index contributed by atoms with van der Waals surface area (Å²) in [6.07, 6.45) is -3.57. The van der Waals surface area contributed by atoms with Gasteiger partial charge in [-0.05, 0) is 54.6 Å². The Kier molecular flexibility index (Phi) is 6.15. The monoisotopic (exact) mass is 550 g/mol. The number of halogens is 6. The number of aromatic nitrogens is 4. The van der Waals surface area contributed by atoms with Crippen molar-refractivity contribution in [2.24, 2.45) is 0 Å². The molecule has 0 atom stereocenters. The van der Waals surface area contributed by atoms with Crippen LogP contribution >= 0.6 is 34.8 Å². The van der Waals surface area contributed by atoms with Gasteiger partial charge >= 0.3 is 6.36 Å². The summed E-state index contributed by atoms with van der Waals surface area (Å²) in [7, 11) is 0. The maximum atomic E-state index is 13.7. The van der Waals surface area contributed by atoms with Gasteiger partial charge in [-0.2, -0.15) is 0 Å². The summed E-state index contributed by atoms with van der Waals surface area (Å²) < 4.78 is 44.9. The molecule has 36 heavy (non-hydrogen) atoms. The van der Waals surface area contributed by atoms with Crippen molar-refractivity contribution in [3.05, 3.63) is 98.5 Å². The van der Waals surface area contributed by atoms with Gasteiger partial charge in [0.05, 0.1) is 16.4 Å². The first-order valence-electron chi connectivity index (χ1n) is 10.2. The predicted molar refractivity (Wildman–Crippen MR) is 132 cm³/mol. The SMILES string of the molecule is O=c1c2ncn(-c3cccc(OC(F)(F)F)c3)c2nc(-c2ccc(Cl)cc2Cl)n1-c1ccc(Cl)cc1. The molecular formula is C24H12Cl3F3N4O2. The molecule has 5 aromatic rings. The van der Waals surface area contributed by atoms with Gasteiger partial charge in [0.1, 0.15) is 12.1 Å². The molecule has 0 saturated heterocycles. The molecular weight excluding hydrogens is 540 g/mol. The Morgan fingerprint density at radius 3 is 2.28 bits per heavy atom. The summed E-state index contributed by atoms with van der Waals surface area (Å²) in [5.74, 6) is -0.265. The number of benzene rings is 3. The fourth-order valence-electron chi connectivity index (χ4n) is 3.65. The lowest BCUT2D eigenvalue weighted by Crippen LogP contribution is -2.22. The zero-order valence-electron chi connectivity index (χ0n) is 17.8. The zero-order chi connectivity index (χ0) is 25.6. The fourth-order valence-corrected chi connectivity index (χ4v) is 4.27. The van der Waals surface area contributed by atoms with Crippen LogP contribution in [0.3, 0.4) is 0 Å². The third-order valence-corrected chi connectivity index (χ3v) is 5.96. The van der Waals surface area contributed by atoms with Gasteiger partial charge in [-0.1, -0.05) is 40.9 Å². The van der Waals surface area contributed by atoms with Crippen molar-refractivity contribution in [2.75, 3.05) is 0 Å². The molecule has 5 rings (SSSR count). The van der Waals surface area contributed by atoms with E-state index in [1.807, 2.05) is 0 Å². The van der Waals surface area contributed by atoms with Crippen molar-refractivity contribution in [1.29, 1.82) is 0 Å². The van der Waals surface area contributed by atoms with E-state index < -0.39 is 17.7 Å². The van der Waals surface area contributed by atoms with E-state index in [9.17, 15) is 18.0 Å². The molecule has 0 aliphatic heterocycles. The second-order valence-electron chi connectivity index (χ2n) is 7.51. The first-order valence-corrected chi connectivity index (χ1v) is 11.3. The van der Waals surface area contributed by atoms with E-state index in [2.05, 4.69) is 14.7 Å². The standard InChI is InChI=1S/C24H12Cl3F3N4O2/c25-13-4-7-15(8-5-13)34-21(18-9-6-14(26)10-19(18)27)32-22-20(23(34)35)31-12-33(22)16-2-1-3-17(11-16)36-24(28,29)30/h1-12H. The van der Waals surface area contributed by atoms with Crippen molar-refractivity contribution in [3.63, 3.8) is 0 Å². The Bertz CT molecular complexity index is 1660. The lowest BCUT2D eigenvalue weighted by Gasteiger charge is -2.15. The van der Waals surface area contributed by atoms with Crippen LogP contribution in [0.15, 0.2) is 77.9 Å². The Labute approximate surface area is 216 Å². The van der Waals surface area contributed by atoms with Crippen LogP contribution in [0.4, 0.5) is 13.2 Å². The molecule has 0 bridgehead atoms. The molecule has 6 nitrogen and oxygen atoms in total. The molecule has 0 spiro atoms. The minimum Gasteiger partial charge on any atom is -0.406 e. The molecule has 0 fully saturated rings. The van der Waals surface area contributed by atoms with Gasteiger partial charge in [-0.25, -0.2) is 9.97 Å². The number of rotatable bonds is 4. The number of fused-ring (bicyclic) bond motifs is 1. The first-order chi connectivity index (χ1) is 17.1. The summed E-state index contributed by atoms with van der Waals surface area (Å²) in [6, 6.07) is 16.5. The van der Waals surface area contributed by atoms with Gasteiger partial charge < -0.3 is 4.74 Å². The average Bonchev–Trinajstić information content (AvgIpc) is 3.23. The van der Waals surface area contributed by atoms with Gasteiger partial charge in [0, 0.05) is 21.7 Å². The summed E-state index contributed by atoms with van der Waals surface area (Å²) in [5, 5.41) is 1.09. The number of hydrogen-bond donors (Lipinski definition) is 0. The highest BCUT2D eigenvalue weighted by Gasteiger charge is 2.31. The zero-order valence-corrected chi connectivity index (χ0v) is 20.1. The number of nitrogens with zero attached hydrogens (tertiary/aromatic N) is 4. The second-order valence-corrected chi connectivity index (χ2v) is 8.79. The smallest absolute Gasteiger partial charge is 0.406 e. The first kappa shape index (κ1) is 24.2. The molecule has 0 saturated carbocycles. The van der Waals surface area contributed by atoms with E-state index in [-0.39, 0.29) is 27.7 Å². The summed E-state index contributed by atoms with van der Waals surface area (Å²) >= 11 is 18.5.